The number of rotatable bonds is 4. The van der Waals surface area contributed by atoms with E-state index >= 15 is 0 Å². The summed E-state index contributed by atoms with van der Waals surface area (Å²) in [5.41, 5.74) is 6.28. The molecule has 0 radical (unpaired) electrons. The molecule has 0 bridgehead atoms. The number of phenols is 1. The number of hydrogen-bond donors (Lipinski definition) is 2. The van der Waals surface area contributed by atoms with Crippen LogP contribution in [-0.4, -0.2) is 17.1 Å². The number of phenolic OH excluding ortho intramolecular Hbond substituents is 1. The van der Waals surface area contributed by atoms with Gasteiger partial charge in [0.15, 0.2) is 0 Å². The van der Waals surface area contributed by atoms with Crippen molar-refractivity contribution in [1.29, 1.82) is 0 Å². The first-order valence-electron chi connectivity index (χ1n) is 4.20. The van der Waals surface area contributed by atoms with Gasteiger partial charge in [0.25, 0.3) is 0 Å². The van der Waals surface area contributed by atoms with Crippen LogP contribution < -0.4 is 5.73 Å². The van der Waals surface area contributed by atoms with Crippen LogP contribution in [0.4, 0.5) is 0 Å². The van der Waals surface area contributed by atoms with Crippen LogP contribution in [0, 0.1) is 0 Å². The quantitative estimate of drug-likeness (QED) is 0.749. The normalized spacial score (nSPS) is 12.3. The van der Waals surface area contributed by atoms with Crippen molar-refractivity contribution < 1.29 is 19.0 Å². The summed E-state index contributed by atoms with van der Waals surface area (Å²) in [5.74, 6) is -0.576. The summed E-state index contributed by atoms with van der Waals surface area (Å²) in [4.78, 5) is 11.0. The monoisotopic (exact) mass is 227 g/mol. The largest absolute Gasteiger partial charge is 0.508 e. The molecule has 1 aromatic carbocycles. The van der Waals surface area contributed by atoms with Crippen molar-refractivity contribution in [2.75, 3.05) is 0 Å². The topological polar surface area (TPSA) is 89.6 Å². The van der Waals surface area contributed by atoms with Crippen molar-refractivity contribution in [3.63, 3.8) is 0 Å². The smallest absolute Gasteiger partial charge is 0.398 e. The lowest BCUT2D eigenvalue weighted by molar-refractivity contribution is -0.134. The molecule has 0 aliphatic heterocycles. The van der Waals surface area contributed by atoms with Crippen molar-refractivity contribution in [3.05, 3.63) is 29.8 Å². The van der Waals surface area contributed by atoms with E-state index < -0.39 is 20.7 Å². The maximum atomic E-state index is 11.0. The summed E-state index contributed by atoms with van der Waals surface area (Å²) >= 11 is 0. The Morgan fingerprint density at radius 1 is 1.47 bits per heavy atom. The summed E-state index contributed by atoms with van der Waals surface area (Å²) in [7, 11) is -0.699. The Hall–Kier alpha value is -1.45. The first kappa shape index (κ1) is 11.6. The van der Waals surface area contributed by atoms with Crippen LogP contribution in [0.15, 0.2) is 24.3 Å². The predicted molar refractivity (Wildman–Crippen MR) is 53.5 cm³/mol. The van der Waals surface area contributed by atoms with Crippen LogP contribution in [0.2, 0.25) is 0 Å². The van der Waals surface area contributed by atoms with Gasteiger partial charge in [-0.3, -0.25) is 0 Å². The minimum Gasteiger partial charge on any atom is -0.508 e. The van der Waals surface area contributed by atoms with Gasteiger partial charge in [-0.15, -0.1) is 0 Å². The van der Waals surface area contributed by atoms with E-state index in [1.165, 1.54) is 12.1 Å². The van der Waals surface area contributed by atoms with E-state index in [9.17, 15) is 9.36 Å². The van der Waals surface area contributed by atoms with E-state index in [1.807, 2.05) is 0 Å². The van der Waals surface area contributed by atoms with Crippen LogP contribution in [0.1, 0.15) is 5.56 Å². The van der Waals surface area contributed by atoms with E-state index in [0.717, 1.165) is 5.56 Å². The molecule has 1 atom stereocenters. The molecule has 1 rings (SSSR count). The summed E-state index contributed by atoms with van der Waals surface area (Å²) in [6, 6.07) is 5.45. The standard InChI is InChI=1S/C9H10NO4P/c10-8(9(12)14-15-13)5-6-1-3-7(11)4-2-6/h1-4,8,11H,5,10H2/t8-/m0/s1. The predicted octanol–water partition coefficient (Wildman–Crippen LogP) is 1.01. The number of benzene rings is 1. The first-order chi connectivity index (χ1) is 7.13. The van der Waals surface area contributed by atoms with Gasteiger partial charge in [-0.2, -0.15) is 0 Å². The number of carbonyl (C=O) groups is 1. The lowest BCUT2D eigenvalue weighted by Crippen LogP contribution is -2.32. The Labute approximate surface area is 88.1 Å². The molecule has 0 unspecified atom stereocenters. The van der Waals surface area contributed by atoms with Gasteiger partial charge < -0.3 is 15.4 Å². The molecule has 0 heterocycles. The zero-order valence-corrected chi connectivity index (χ0v) is 8.68. The lowest BCUT2D eigenvalue weighted by Gasteiger charge is -2.07. The molecule has 0 aromatic heterocycles. The van der Waals surface area contributed by atoms with E-state index in [1.54, 1.807) is 12.1 Å². The highest BCUT2D eigenvalue weighted by Gasteiger charge is 2.15. The van der Waals surface area contributed by atoms with E-state index in [4.69, 9.17) is 10.8 Å². The lowest BCUT2D eigenvalue weighted by atomic mass is 10.1. The molecule has 5 nitrogen and oxygen atoms in total. The van der Waals surface area contributed by atoms with Gasteiger partial charge in [-0.1, -0.05) is 12.1 Å². The molecule has 0 saturated carbocycles. The Morgan fingerprint density at radius 3 is 2.60 bits per heavy atom. The van der Waals surface area contributed by atoms with Gasteiger partial charge in [0, 0.05) is 0 Å². The third kappa shape index (κ3) is 3.65. The molecule has 0 saturated heterocycles. The highest BCUT2D eigenvalue weighted by atomic mass is 31.1. The third-order valence-corrected chi connectivity index (χ3v) is 2.08. The third-order valence-electron chi connectivity index (χ3n) is 1.82. The van der Waals surface area contributed by atoms with E-state index in [2.05, 4.69) is 4.52 Å². The second-order valence-corrected chi connectivity index (χ2v) is 3.29. The molecule has 6 heteroatoms. The van der Waals surface area contributed by atoms with Crippen LogP contribution in [0.25, 0.3) is 0 Å². The molecule has 0 aliphatic carbocycles. The maximum Gasteiger partial charge on any atom is 0.398 e. The van der Waals surface area contributed by atoms with Crippen LogP contribution in [0.3, 0.4) is 0 Å². The molecular weight excluding hydrogens is 217 g/mol. The summed E-state index contributed by atoms with van der Waals surface area (Å²) in [6.45, 7) is 0. The summed E-state index contributed by atoms with van der Waals surface area (Å²) < 4.78 is 14.2. The highest BCUT2D eigenvalue weighted by molar-refractivity contribution is 7.18. The van der Waals surface area contributed by atoms with Crippen molar-refractivity contribution in [2.24, 2.45) is 5.73 Å². The van der Waals surface area contributed by atoms with Crippen LogP contribution >= 0.6 is 8.69 Å². The van der Waals surface area contributed by atoms with Gasteiger partial charge in [0.2, 0.25) is 0 Å². The first-order valence-corrected chi connectivity index (χ1v) is 4.93. The van der Waals surface area contributed by atoms with Gasteiger partial charge in [-0.05, 0) is 24.1 Å². The van der Waals surface area contributed by atoms with E-state index in [-0.39, 0.29) is 12.2 Å². The number of aromatic hydroxyl groups is 1. The number of nitrogens with two attached hydrogens (primary N) is 1. The Bertz CT molecular complexity index is 352. The van der Waals surface area contributed by atoms with Gasteiger partial charge in [-0.25, -0.2) is 9.36 Å². The SMILES string of the molecule is N[C@@H](Cc1ccc(O)cc1)C(=O)OP=O. The fourth-order valence-corrected chi connectivity index (χ4v) is 1.28. The van der Waals surface area contributed by atoms with E-state index in [0.29, 0.717) is 0 Å². The maximum absolute atomic E-state index is 11.0. The second kappa shape index (κ2) is 5.44. The molecule has 0 amide bonds. The minimum absolute atomic E-state index is 0.146. The molecular formula is C9H10NO4P. The Balaban J connectivity index is 2.57. The van der Waals surface area contributed by atoms with Crippen molar-refractivity contribution in [3.8, 4) is 5.75 Å². The highest BCUT2D eigenvalue weighted by Crippen LogP contribution is 2.11. The van der Waals surface area contributed by atoms with Crippen molar-refractivity contribution in [2.45, 2.75) is 12.5 Å². The molecule has 80 valence electrons. The fraction of sp³-hybridized carbons (Fsp3) is 0.222. The van der Waals surface area contributed by atoms with Crippen molar-refractivity contribution in [1.82, 2.24) is 0 Å². The van der Waals surface area contributed by atoms with Crippen LogP contribution in [-0.2, 0) is 20.3 Å². The molecule has 0 fully saturated rings. The molecule has 0 aliphatic rings. The molecule has 0 spiro atoms. The summed E-state index contributed by atoms with van der Waals surface area (Å²) in [6.07, 6.45) is 0.272. The fourth-order valence-electron chi connectivity index (χ4n) is 1.07. The zero-order valence-electron chi connectivity index (χ0n) is 7.79. The molecule has 1 aromatic rings. The minimum atomic E-state index is -0.851. The average molecular weight is 227 g/mol. The second-order valence-electron chi connectivity index (χ2n) is 2.96. The Kier molecular flexibility index (Phi) is 4.21. The molecule has 15 heavy (non-hydrogen) atoms. The zero-order chi connectivity index (χ0) is 11.3. The molecule has 3 N–H and O–H groups in total. The van der Waals surface area contributed by atoms with Crippen molar-refractivity contribution >= 4 is 14.7 Å². The van der Waals surface area contributed by atoms with Crippen LogP contribution in [0.5, 0.6) is 5.75 Å². The Morgan fingerprint density at radius 2 is 2.07 bits per heavy atom. The number of hydrogen-bond acceptors (Lipinski definition) is 5. The summed E-state index contributed by atoms with van der Waals surface area (Å²) in [5, 5.41) is 9.02. The average Bonchev–Trinajstić information content (AvgIpc) is 2.22. The van der Waals surface area contributed by atoms with Gasteiger partial charge in [0.05, 0.1) is 0 Å². The van der Waals surface area contributed by atoms with Gasteiger partial charge in [0.1, 0.15) is 11.8 Å². The van der Waals surface area contributed by atoms with Gasteiger partial charge >= 0.3 is 14.7 Å². The number of carbonyl (C=O) groups excluding carboxylic acids is 1.